The van der Waals surface area contributed by atoms with Gasteiger partial charge in [-0.2, -0.15) is 0 Å². The van der Waals surface area contributed by atoms with E-state index in [4.69, 9.17) is 28.4 Å². The molecule has 9 aliphatic rings. The van der Waals surface area contributed by atoms with Gasteiger partial charge in [0.15, 0.2) is 16.2 Å². The van der Waals surface area contributed by atoms with Crippen molar-refractivity contribution in [3.05, 3.63) is 142 Å². The predicted octanol–water partition coefficient (Wildman–Crippen LogP) is 5.02. The average Bonchev–Trinajstić information content (AvgIpc) is 4.19. The number of esters is 6. The molecule has 2 aromatic carbocycles. The number of hydrogen-bond donors (Lipinski definition) is 0. The minimum Gasteiger partial charge on any atom is -0.465 e. The van der Waals surface area contributed by atoms with Crippen LogP contribution in [0.3, 0.4) is 0 Å². The summed E-state index contributed by atoms with van der Waals surface area (Å²) in [5, 5.41) is 0. The van der Waals surface area contributed by atoms with Crippen molar-refractivity contribution in [3.63, 3.8) is 0 Å². The minimum absolute atomic E-state index is 0.0126. The number of ether oxygens (including phenoxy) is 6. The van der Waals surface area contributed by atoms with Gasteiger partial charge < -0.3 is 28.4 Å². The van der Waals surface area contributed by atoms with Crippen LogP contribution in [-0.4, -0.2) is 49.0 Å². The lowest BCUT2D eigenvalue weighted by molar-refractivity contribution is -0.169. The maximum Gasteiger partial charge on any atom is 0.326 e. The highest BCUT2D eigenvalue weighted by Gasteiger charge is 3.00. The van der Waals surface area contributed by atoms with Crippen LogP contribution in [0.2, 0.25) is 0 Å². The van der Waals surface area contributed by atoms with E-state index in [-0.39, 0.29) is 39.6 Å². The van der Waals surface area contributed by atoms with E-state index >= 15 is 9.59 Å². The predicted molar refractivity (Wildman–Crippen MR) is 202 cm³/mol. The molecular formula is C47H38O12. The van der Waals surface area contributed by atoms with Crippen LogP contribution in [-0.2, 0) is 83.6 Å². The number of benzene rings is 2. The van der Waals surface area contributed by atoms with Crippen molar-refractivity contribution < 1.29 is 57.2 Å². The smallest absolute Gasteiger partial charge is 0.326 e. The van der Waals surface area contributed by atoms with E-state index in [2.05, 4.69) is 0 Å². The van der Waals surface area contributed by atoms with Crippen molar-refractivity contribution in [2.24, 2.45) is 50.7 Å². The number of rotatable bonds is 4. The molecule has 0 radical (unpaired) electrons. The molecule has 3 saturated carbocycles. The summed E-state index contributed by atoms with van der Waals surface area (Å²) in [5.74, 6) is -8.23. The fourth-order valence-corrected chi connectivity index (χ4v) is 12.0. The molecule has 7 aliphatic carbocycles. The van der Waals surface area contributed by atoms with E-state index < -0.39 is 86.6 Å². The quantitative estimate of drug-likeness (QED) is 0.232. The van der Waals surface area contributed by atoms with E-state index in [0.717, 1.165) is 0 Å². The molecule has 12 heteroatoms. The topological polar surface area (TPSA) is 158 Å². The summed E-state index contributed by atoms with van der Waals surface area (Å²) < 4.78 is 35.8. The molecule has 59 heavy (non-hydrogen) atoms. The zero-order chi connectivity index (χ0) is 40.7. The average molecular weight is 795 g/mol. The van der Waals surface area contributed by atoms with Crippen molar-refractivity contribution in [1.82, 2.24) is 0 Å². The Bertz CT molecular complexity index is 2390. The van der Waals surface area contributed by atoms with Gasteiger partial charge in [-0.1, -0.05) is 85.0 Å². The van der Waals surface area contributed by atoms with Gasteiger partial charge in [-0.25, -0.2) is 0 Å². The second kappa shape index (κ2) is 11.9. The van der Waals surface area contributed by atoms with E-state index in [1.54, 1.807) is 111 Å². The fraction of sp³-hybridized carbons (Fsp3) is 0.362. The number of allylic oxidation sites excluding steroid dienone is 12. The molecule has 3 fully saturated rings. The van der Waals surface area contributed by atoms with Gasteiger partial charge in [-0.3, -0.25) is 28.8 Å². The number of carbonyl (C=O) groups excluding carboxylic acids is 6. The van der Waals surface area contributed by atoms with Crippen molar-refractivity contribution in [2.75, 3.05) is 13.2 Å². The van der Waals surface area contributed by atoms with Gasteiger partial charge >= 0.3 is 35.8 Å². The Morgan fingerprint density at radius 3 is 1.32 bits per heavy atom. The first-order valence-electron chi connectivity index (χ1n) is 20.0. The molecule has 8 atom stereocenters. The fourth-order valence-electron chi connectivity index (χ4n) is 12.0. The van der Waals surface area contributed by atoms with E-state index in [1.165, 1.54) is 0 Å². The highest BCUT2D eigenvalue weighted by molar-refractivity contribution is 6.14. The Labute approximate surface area is 338 Å². The minimum atomic E-state index is -2.21. The number of cyclic esters (lactones) is 4. The number of carbonyl (C=O) groups is 6. The third-order valence-electron chi connectivity index (χ3n) is 14.3. The van der Waals surface area contributed by atoms with Crippen LogP contribution in [0.15, 0.2) is 119 Å². The van der Waals surface area contributed by atoms with Gasteiger partial charge in [-0.15, -0.1) is 0 Å². The van der Waals surface area contributed by atoms with Crippen LogP contribution in [0.1, 0.15) is 36.1 Å². The second-order valence-electron chi connectivity index (χ2n) is 16.6. The molecule has 0 N–H and O–H groups in total. The van der Waals surface area contributed by atoms with E-state index in [0.29, 0.717) is 44.5 Å². The first-order valence-corrected chi connectivity index (χ1v) is 20.0. The van der Waals surface area contributed by atoms with Gasteiger partial charge in [0, 0.05) is 23.7 Å². The summed E-state index contributed by atoms with van der Waals surface area (Å²) in [6, 6.07) is 13.9. The molecule has 0 saturated heterocycles. The Morgan fingerprint density at radius 1 is 0.576 bits per heavy atom. The van der Waals surface area contributed by atoms with Crippen LogP contribution >= 0.6 is 0 Å². The molecule has 11 rings (SSSR count). The molecule has 2 aromatic rings. The molecule has 3 spiro atoms. The van der Waals surface area contributed by atoms with Gasteiger partial charge in [0.25, 0.3) is 0 Å². The molecular weight excluding hydrogens is 757 g/mol. The monoisotopic (exact) mass is 794 g/mol. The lowest BCUT2D eigenvalue weighted by Gasteiger charge is -2.35. The van der Waals surface area contributed by atoms with Crippen LogP contribution in [0.25, 0.3) is 0 Å². The Morgan fingerprint density at radius 2 is 0.949 bits per heavy atom. The Kier molecular flexibility index (Phi) is 7.22. The lowest BCUT2D eigenvalue weighted by atomic mass is 9.66. The summed E-state index contributed by atoms with van der Waals surface area (Å²) in [4.78, 5) is 89.3. The first-order chi connectivity index (χ1) is 28.6. The molecule has 12 nitrogen and oxygen atoms in total. The SMILES string of the molecule is CCOC(=O)C12C(=O)OCc3cccc(c3)COC(=O)C34C(=O)OCc5cccc(c5)COC(=O)C5(C(=O)OCC)C6C=CC7=C(C65)C35C=CC3=C(C1C2C=C3)C54C=C7. The number of fused-ring (bicyclic) bond motifs is 6. The zero-order valence-electron chi connectivity index (χ0n) is 32.2. The zero-order valence-corrected chi connectivity index (χ0v) is 32.2. The summed E-state index contributed by atoms with van der Waals surface area (Å²) in [6.45, 7) is 2.50. The molecule has 4 bridgehead atoms. The van der Waals surface area contributed by atoms with Crippen LogP contribution in [0, 0.1) is 50.7 Å². The standard InChI is InChI=1S/C47H38O12/c1-3-54-37(48)45-31-13-11-29-15-18-44-34-30-12-14-32-36(34)46(32,38(49)55-4-2)40(51)57-22-26-8-6-10-28(20-26)24-59-42(53)47(44,43(44,17-16-30)33(29)35(31)45)41(52)58-23-27-9-5-7-25(19-27)21-56-39(45)50/h5-20,31-32,35-36H,3-4,21-24H2,1-2H3. The molecule has 0 amide bonds. The highest BCUT2D eigenvalue weighted by Crippen LogP contribution is 2.94. The van der Waals surface area contributed by atoms with Crippen LogP contribution in [0.5, 0.6) is 0 Å². The van der Waals surface area contributed by atoms with Crippen LogP contribution < -0.4 is 0 Å². The third-order valence-corrected chi connectivity index (χ3v) is 14.3. The third kappa shape index (κ3) is 4.00. The second-order valence-corrected chi connectivity index (χ2v) is 16.6. The van der Waals surface area contributed by atoms with Gasteiger partial charge in [-0.05, 0) is 70.5 Å². The molecule has 298 valence electrons. The van der Waals surface area contributed by atoms with Gasteiger partial charge in [0.2, 0.25) is 0 Å². The maximum absolute atomic E-state index is 15.7. The summed E-state index contributed by atoms with van der Waals surface area (Å²) in [6.07, 6.45) is 14.4. The Hall–Kier alpha value is -6.30. The van der Waals surface area contributed by atoms with Crippen molar-refractivity contribution in [1.29, 1.82) is 0 Å². The van der Waals surface area contributed by atoms with Crippen molar-refractivity contribution in [3.8, 4) is 0 Å². The van der Waals surface area contributed by atoms with Crippen LogP contribution in [0.4, 0.5) is 0 Å². The maximum atomic E-state index is 15.7. The molecule has 8 unspecified atom stereocenters. The normalized spacial score (nSPS) is 37.3. The summed E-state index contributed by atoms with van der Waals surface area (Å²) in [5.41, 5.74) is -4.73. The van der Waals surface area contributed by atoms with E-state index in [1.807, 2.05) is 0 Å². The summed E-state index contributed by atoms with van der Waals surface area (Å²) >= 11 is 0. The van der Waals surface area contributed by atoms with Crippen molar-refractivity contribution >= 4 is 35.8 Å². The van der Waals surface area contributed by atoms with Crippen molar-refractivity contribution in [2.45, 2.75) is 40.3 Å². The highest BCUT2D eigenvalue weighted by atomic mass is 16.6. The molecule has 2 heterocycles. The first kappa shape index (κ1) is 35.8. The number of hydrogen-bond acceptors (Lipinski definition) is 12. The van der Waals surface area contributed by atoms with Gasteiger partial charge in [0.05, 0.1) is 24.0 Å². The van der Waals surface area contributed by atoms with Gasteiger partial charge in [0.1, 0.15) is 26.4 Å². The lowest BCUT2D eigenvalue weighted by Crippen LogP contribution is -2.38. The largest absolute Gasteiger partial charge is 0.465 e. The van der Waals surface area contributed by atoms with E-state index in [9.17, 15) is 19.2 Å². The Balaban J connectivity index is 1.20. The molecule has 0 aromatic heterocycles. The molecule has 2 aliphatic heterocycles. The summed E-state index contributed by atoms with van der Waals surface area (Å²) in [7, 11) is 0.